The van der Waals surface area contributed by atoms with E-state index < -0.39 is 10.0 Å². The van der Waals surface area contributed by atoms with Gasteiger partial charge < -0.3 is 5.32 Å². The van der Waals surface area contributed by atoms with Crippen LogP contribution >= 0.6 is 23.2 Å². The zero-order valence-electron chi connectivity index (χ0n) is 17.7. The van der Waals surface area contributed by atoms with Gasteiger partial charge in [0.15, 0.2) is 0 Å². The number of sulfonamides is 1. The fourth-order valence-electron chi connectivity index (χ4n) is 3.88. The molecular weight excluding hydrogens is 467 g/mol. The highest BCUT2D eigenvalue weighted by molar-refractivity contribution is 7.92. The van der Waals surface area contributed by atoms with E-state index in [9.17, 15) is 13.2 Å². The van der Waals surface area contributed by atoms with Crippen molar-refractivity contribution in [1.29, 1.82) is 0 Å². The van der Waals surface area contributed by atoms with Crippen LogP contribution in [0.15, 0.2) is 59.5 Å². The van der Waals surface area contributed by atoms with Gasteiger partial charge in [-0.25, -0.2) is 8.42 Å². The zero-order chi connectivity index (χ0) is 23.2. The van der Waals surface area contributed by atoms with Crippen LogP contribution in [0.4, 0.5) is 11.4 Å². The Labute approximate surface area is 197 Å². The van der Waals surface area contributed by atoms with E-state index in [-0.39, 0.29) is 21.6 Å². The Morgan fingerprint density at radius 2 is 1.44 bits per heavy atom. The van der Waals surface area contributed by atoms with Crippen molar-refractivity contribution >= 4 is 50.5 Å². The van der Waals surface area contributed by atoms with Crippen molar-refractivity contribution in [2.75, 3.05) is 10.0 Å². The van der Waals surface area contributed by atoms with E-state index >= 15 is 0 Å². The predicted molar refractivity (Wildman–Crippen MR) is 129 cm³/mol. The van der Waals surface area contributed by atoms with E-state index in [1.54, 1.807) is 30.3 Å². The molecule has 0 unspecified atom stereocenters. The molecule has 1 amide bonds. The van der Waals surface area contributed by atoms with E-state index in [0.29, 0.717) is 16.9 Å². The van der Waals surface area contributed by atoms with E-state index in [0.717, 1.165) is 27.8 Å². The first-order valence-corrected chi connectivity index (χ1v) is 12.4. The number of alkyl halides is 2. The summed E-state index contributed by atoms with van der Waals surface area (Å²) in [4.78, 5) is 12.7. The summed E-state index contributed by atoms with van der Waals surface area (Å²) < 4.78 is 28.4. The maximum Gasteiger partial charge on any atom is 0.261 e. The highest BCUT2D eigenvalue weighted by atomic mass is 35.5. The number of aryl methyl sites for hydroxylation is 3. The molecule has 0 radical (unpaired) electrons. The molecule has 1 aliphatic rings. The number of amides is 1. The number of anilines is 2. The SMILES string of the molecule is Cc1cc(C)c(NS(=O)(=O)c2ccc(NC(=O)c3ccc4c(c3)[C@@H](Cl)[C@H]4Cl)cc2)c(C)c1. The molecule has 3 aromatic carbocycles. The number of rotatable bonds is 5. The van der Waals surface area contributed by atoms with Crippen LogP contribution in [-0.2, 0) is 10.0 Å². The van der Waals surface area contributed by atoms with Crippen molar-refractivity contribution in [1.82, 2.24) is 0 Å². The Morgan fingerprint density at radius 3 is 2.06 bits per heavy atom. The summed E-state index contributed by atoms with van der Waals surface area (Å²) in [6, 6.07) is 15.1. The number of carbonyl (C=O) groups is 1. The molecule has 2 N–H and O–H groups in total. The van der Waals surface area contributed by atoms with Crippen LogP contribution in [0.2, 0.25) is 0 Å². The third-order valence-corrected chi connectivity index (χ3v) is 8.00. The largest absolute Gasteiger partial charge is 0.322 e. The van der Waals surface area contributed by atoms with Crippen molar-refractivity contribution in [2.24, 2.45) is 0 Å². The molecule has 0 fully saturated rings. The molecule has 0 aromatic heterocycles. The van der Waals surface area contributed by atoms with Gasteiger partial charge in [0.2, 0.25) is 0 Å². The Balaban J connectivity index is 1.49. The van der Waals surface area contributed by atoms with Gasteiger partial charge >= 0.3 is 0 Å². The van der Waals surface area contributed by atoms with E-state index in [2.05, 4.69) is 10.0 Å². The lowest BCUT2D eigenvalue weighted by Crippen LogP contribution is -2.19. The Bertz CT molecular complexity index is 1300. The Kier molecular flexibility index (Phi) is 5.96. The molecule has 2 atom stereocenters. The molecule has 0 saturated heterocycles. The Morgan fingerprint density at radius 1 is 0.844 bits per heavy atom. The fraction of sp³-hybridized carbons (Fsp3) is 0.208. The van der Waals surface area contributed by atoms with Crippen LogP contribution in [0.5, 0.6) is 0 Å². The van der Waals surface area contributed by atoms with Crippen LogP contribution in [0, 0.1) is 20.8 Å². The van der Waals surface area contributed by atoms with Gasteiger partial charge in [0, 0.05) is 11.3 Å². The molecule has 3 aromatic rings. The van der Waals surface area contributed by atoms with Crippen molar-refractivity contribution in [3.8, 4) is 0 Å². The van der Waals surface area contributed by atoms with Crippen LogP contribution in [0.25, 0.3) is 0 Å². The third kappa shape index (κ3) is 4.22. The van der Waals surface area contributed by atoms with Gasteiger partial charge in [-0.15, -0.1) is 23.2 Å². The van der Waals surface area contributed by atoms with Crippen molar-refractivity contribution < 1.29 is 13.2 Å². The normalized spacial score (nSPS) is 17.3. The van der Waals surface area contributed by atoms with E-state index in [1.165, 1.54) is 12.1 Å². The highest BCUT2D eigenvalue weighted by Crippen LogP contribution is 2.51. The van der Waals surface area contributed by atoms with Gasteiger partial charge in [-0.05, 0) is 79.4 Å². The number of hydrogen-bond acceptors (Lipinski definition) is 3. The second-order valence-corrected chi connectivity index (χ2v) is 10.6. The summed E-state index contributed by atoms with van der Waals surface area (Å²) in [5.74, 6) is -0.311. The molecule has 32 heavy (non-hydrogen) atoms. The predicted octanol–water partition coefficient (Wildman–Crippen LogP) is 6.24. The summed E-state index contributed by atoms with van der Waals surface area (Å²) in [5.41, 5.74) is 6.09. The number of benzene rings is 3. The summed E-state index contributed by atoms with van der Waals surface area (Å²) in [7, 11) is -3.77. The second kappa shape index (κ2) is 8.43. The average Bonchev–Trinajstić information content (AvgIpc) is 2.75. The minimum absolute atomic E-state index is 0.106. The van der Waals surface area contributed by atoms with Gasteiger partial charge in [-0.1, -0.05) is 23.8 Å². The average molecular weight is 489 g/mol. The minimum Gasteiger partial charge on any atom is -0.322 e. The molecule has 0 bridgehead atoms. The van der Waals surface area contributed by atoms with E-state index in [4.69, 9.17) is 23.2 Å². The Hall–Kier alpha value is -2.54. The first-order chi connectivity index (χ1) is 15.1. The van der Waals surface area contributed by atoms with Crippen LogP contribution in [0.3, 0.4) is 0 Å². The second-order valence-electron chi connectivity index (χ2n) is 8.00. The highest BCUT2D eigenvalue weighted by Gasteiger charge is 2.35. The van der Waals surface area contributed by atoms with Gasteiger partial charge in [0.25, 0.3) is 15.9 Å². The monoisotopic (exact) mass is 488 g/mol. The summed E-state index contributed by atoms with van der Waals surface area (Å²) >= 11 is 12.3. The molecular formula is C24H22Cl2N2O3S. The fourth-order valence-corrected chi connectivity index (χ4v) is 5.74. The zero-order valence-corrected chi connectivity index (χ0v) is 20.1. The minimum atomic E-state index is -3.77. The summed E-state index contributed by atoms with van der Waals surface area (Å²) in [5, 5.41) is 2.23. The smallest absolute Gasteiger partial charge is 0.261 e. The van der Waals surface area contributed by atoms with Crippen molar-refractivity contribution in [3.63, 3.8) is 0 Å². The molecule has 0 heterocycles. The first-order valence-electron chi connectivity index (χ1n) is 10.0. The van der Waals surface area contributed by atoms with Crippen molar-refractivity contribution in [3.05, 3.63) is 88.0 Å². The maximum absolute atomic E-state index is 12.9. The topological polar surface area (TPSA) is 75.3 Å². The molecule has 4 rings (SSSR count). The number of carbonyl (C=O) groups excluding carboxylic acids is 1. The summed E-state index contributed by atoms with van der Waals surface area (Å²) in [6.45, 7) is 5.70. The number of nitrogens with one attached hydrogen (secondary N) is 2. The van der Waals surface area contributed by atoms with Gasteiger partial charge in [-0.2, -0.15) is 0 Å². The quantitative estimate of drug-likeness (QED) is 0.417. The molecule has 166 valence electrons. The molecule has 8 heteroatoms. The van der Waals surface area contributed by atoms with Crippen LogP contribution in [0.1, 0.15) is 48.9 Å². The van der Waals surface area contributed by atoms with Gasteiger partial charge in [0.1, 0.15) is 0 Å². The third-order valence-electron chi connectivity index (χ3n) is 5.54. The maximum atomic E-state index is 12.9. The van der Waals surface area contributed by atoms with Crippen molar-refractivity contribution in [2.45, 2.75) is 36.4 Å². The lowest BCUT2D eigenvalue weighted by molar-refractivity contribution is 0.102. The number of hydrogen-bond donors (Lipinski definition) is 2. The van der Waals surface area contributed by atoms with Gasteiger partial charge in [0.05, 0.1) is 21.3 Å². The van der Waals surface area contributed by atoms with Crippen LogP contribution < -0.4 is 10.0 Å². The summed E-state index contributed by atoms with van der Waals surface area (Å²) in [6.07, 6.45) is 0. The number of halogens is 2. The first kappa shape index (κ1) is 22.6. The number of fused-ring (bicyclic) bond motifs is 1. The van der Waals surface area contributed by atoms with Crippen LogP contribution in [-0.4, -0.2) is 14.3 Å². The molecule has 0 spiro atoms. The lowest BCUT2D eigenvalue weighted by Gasteiger charge is -2.31. The molecule has 0 saturated carbocycles. The standard InChI is InChI=1S/C24H22Cl2N2O3S/c1-13-10-14(2)23(15(3)11-13)28-32(30,31)18-7-5-17(6-8-18)27-24(29)16-4-9-19-20(12-16)22(26)21(19)25/h4-12,21-22,28H,1-3H3,(H,27,29)/t21-,22+/m0/s1. The molecule has 0 aliphatic heterocycles. The molecule has 5 nitrogen and oxygen atoms in total. The van der Waals surface area contributed by atoms with E-state index in [1.807, 2.05) is 32.9 Å². The van der Waals surface area contributed by atoms with Gasteiger partial charge in [-0.3, -0.25) is 9.52 Å². The lowest BCUT2D eigenvalue weighted by atomic mass is 9.86. The molecule has 1 aliphatic carbocycles.